The third-order valence-electron chi connectivity index (χ3n) is 2.88. The minimum Gasteiger partial charge on any atom is -0.258 e. The van der Waals surface area contributed by atoms with Crippen LogP contribution in [-0.4, -0.2) is 26.7 Å². The van der Waals surface area contributed by atoms with E-state index < -0.39 is 35.6 Å². The SMILES string of the molecule is Cc1ccc(Cl)cc1S(=O)(=O)NS(=O)(=O)c1cncc([N+](=O)[O-])c1. The topological polar surface area (TPSA) is 136 Å². The number of aryl methyl sites for hydroxylation is 1. The smallest absolute Gasteiger partial charge is 0.258 e. The van der Waals surface area contributed by atoms with E-state index in [9.17, 15) is 26.9 Å². The molecule has 0 atom stereocenters. The molecule has 0 spiro atoms. The monoisotopic (exact) mass is 391 g/mol. The van der Waals surface area contributed by atoms with Gasteiger partial charge in [0.05, 0.1) is 9.82 Å². The van der Waals surface area contributed by atoms with Crippen LogP contribution in [0, 0.1) is 17.0 Å². The lowest BCUT2D eigenvalue weighted by Crippen LogP contribution is -2.31. The minimum absolute atomic E-state index is 0.107. The fraction of sp³-hybridized carbons (Fsp3) is 0.0833. The van der Waals surface area contributed by atoms with Crippen molar-refractivity contribution in [3.05, 3.63) is 57.4 Å². The zero-order valence-electron chi connectivity index (χ0n) is 12.0. The molecule has 0 aliphatic heterocycles. The zero-order valence-corrected chi connectivity index (χ0v) is 14.4. The fourth-order valence-electron chi connectivity index (χ4n) is 1.76. The van der Waals surface area contributed by atoms with Gasteiger partial charge in [0, 0.05) is 17.3 Å². The van der Waals surface area contributed by atoms with Crippen molar-refractivity contribution in [3.63, 3.8) is 0 Å². The van der Waals surface area contributed by atoms with E-state index in [1.807, 2.05) is 0 Å². The molecule has 0 fully saturated rings. The first-order chi connectivity index (χ1) is 11.0. The van der Waals surface area contributed by atoms with E-state index in [2.05, 4.69) is 4.98 Å². The highest BCUT2D eigenvalue weighted by atomic mass is 35.5. The third kappa shape index (κ3) is 3.87. The van der Waals surface area contributed by atoms with Crippen LogP contribution in [0.1, 0.15) is 5.56 Å². The van der Waals surface area contributed by atoms with Gasteiger partial charge in [-0.1, -0.05) is 17.7 Å². The average Bonchev–Trinajstić information content (AvgIpc) is 2.48. The van der Waals surface area contributed by atoms with E-state index in [1.54, 1.807) is 0 Å². The number of pyridine rings is 1. The number of rotatable bonds is 5. The van der Waals surface area contributed by atoms with Crippen molar-refractivity contribution in [2.24, 2.45) is 0 Å². The van der Waals surface area contributed by atoms with Crippen molar-refractivity contribution in [2.45, 2.75) is 16.7 Å². The largest absolute Gasteiger partial charge is 0.288 e. The zero-order chi connectivity index (χ0) is 18.1. The molecule has 0 amide bonds. The Morgan fingerprint density at radius 2 is 1.79 bits per heavy atom. The summed E-state index contributed by atoms with van der Waals surface area (Å²) in [6.45, 7) is 1.46. The molecule has 0 unspecified atom stereocenters. The van der Waals surface area contributed by atoms with Crippen LogP contribution in [0.3, 0.4) is 0 Å². The first kappa shape index (κ1) is 18.3. The van der Waals surface area contributed by atoms with Crippen LogP contribution >= 0.6 is 11.6 Å². The molecule has 1 aromatic carbocycles. The predicted molar refractivity (Wildman–Crippen MR) is 84.6 cm³/mol. The van der Waals surface area contributed by atoms with E-state index in [0.29, 0.717) is 6.07 Å². The summed E-state index contributed by atoms with van der Waals surface area (Å²) in [4.78, 5) is 12.3. The Morgan fingerprint density at radius 3 is 2.42 bits per heavy atom. The van der Waals surface area contributed by atoms with Crippen LogP contribution in [0.25, 0.3) is 0 Å². The van der Waals surface area contributed by atoms with Crippen molar-refractivity contribution in [1.29, 1.82) is 0 Å². The number of halogens is 1. The van der Waals surface area contributed by atoms with Crippen LogP contribution in [0.4, 0.5) is 5.69 Å². The molecule has 1 heterocycles. The van der Waals surface area contributed by atoms with Gasteiger partial charge in [0.25, 0.3) is 25.7 Å². The Labute approximate surface area is 142 Å². The highest BCUT2D eigenvalue weighted by molar-refractivity contribution is 8.04. The molecule has 0 aliphatic carbocycles. The van der Waals surface area contributed by atoms with E-state index in [-0.39, 0.29) is 15.5 Å². The Hall–Kier alpha value is -2.08. The summed E-state index contributed by atoms with van der Waals surface area (Å²) in [6, 6.07) is 4.67. The average molecular weight is 392 g/mol. The first-order valence-corrected chi connectivity index (χ1v) is 9.51. The number of nitro groups is 1. The number of sulfonamides is 2. The Morgan fingerprint density at radius 1 is 1.12 bits per heavy atom. The number of hydrogen-bond donors (Lipinski definition) is 1. The van der Waals surface area contributed by atoms with Crippen molar-refractivity contribution in [1.82, 2.24) is 9.11 Å². The number of nitrogens with one attached hydrogen (secondary N) is 1. The molecule has 2 rings (SSSR count). The van der Waals surface area contributed by atoms with Gasteiger partial charge in [-0.25, -0.2) is 16.8 Å². The van der Waals surface area contributed by atoms with Gasteiger partial charge < -0.3 is 0 Å². The summed E-state index contributed by atoms with van der Waals surface area (Å²) < 4.78 is 50.6. The molecule has 9 nitrogen and oxygen atoms in total. The minimum atomic E-state index is -4.60. The number of nitrogens with zero attached hydrogens (tertiary/aromatic N) is 2. The number of aromatic nitrogens is 1. The van der Waals surface area contributed by atoms with Gasteiger partial charge in [-0.2, -0.15) is 0 Å². The fourth-order valence-corrected chi connectivity index (χ4v) is 5.14. The second-order valence-electron chi connectivity index (χ2n) is 4.64. The Kier molecular flexibility index (Phi) is 4.90. The van der Waals surface area contributed by atoms with Crippen molar-refractivity contribution in [3.8, 4) is 0 Å². The van der Waals surface area contributed by atoms with Crippen LogP contribution in [0.15, 0.2) is 46.5 Å². The maximum Gasteiger partial charge on any atom is 0.288 e. The third-order valence-corrected chi connectivity index (χ3v) is 6.73. The lowest BCUT2D eigenvalue weighted by molar-refractivity contribution is -0.385. The molecule has 1 aromatic heterocycles. The number of benzene rings is 1. The summed E-state index contributed by atoms with van der Waals surface area (Å²) in [6.07, 6.45) is 1.64. The van der Waals surface area contributed by atoms with E-state index >= 15 is 0 Å². The molecule has 128 valence electrons. The van der Waals surface area contributed by atoms with Gasteiger partial charge in [0.1, 0.15) is 11.1 Å². The molecule has 0 aliphatic rings. The van der Waals surface area contributed by atoms with E-state index in [4.69, 9.17) is 11.6 Å². The molecular weight excluding hydrogens is 382 g/mol. The van der Waals surface area contributed by atoms with Crippen molar-refractivity contribution >= 4 is 37.3 Å². The maximum absolute atomic E-state index is 12.3. The summed E-state index contributed by atoms with van der Waals surface area (Å²) in [5, 5.41) is 10.8. The first-order valence-electron chi connectivity index (χ1n) is 6.17. The lowest BCUT2D eigenvalue weighted by atomic mass is 10.2. The van der Waals surface area contributed by atoms with Crippen LogP contribution < -0.4 is 4.13 Å². The quantitative estimate of drug-likeness (QED) is 0.603. The van der Waals surface area contributed by atoms with Gasteiger partial charge >= 0.3 is 0 Å². The second kappa shape index (κ2) is 6.43. The standard InChI is InChI=1S/C12H10ClN3O6S2/c1-8-2-3-9(13)4-12(8)24(21,22)15-23(19,20)11-5-10(16(17)18)6-14-7-11/h2-7,15H,1H3. The molecule has 2 aromatic rings. The van der Waals surface area contributed by atoms with Crippen LogP contribution in [-0.2, 0) is 20.0 Å². The van der Waals surface area contributed by atoms with Crippen LogP contribution in [0.5, 0.6) is 0 Å². The highest BCUT2D eigenvalue weighted by Gasteiger charge is 2.27. The predicted octanol–water partition coefficient (Wildman–Crippen LogP) is 1.62. The molecule has 0 radical (unpaired) electrons. The van der Waals surface area contributed by atoms with Gasteiger partial charge in [-0.15, -0.1) is 4.13 Å². The van der Waals surface area contributed by atoms with Crippen molar-refractivity contribution in [2.75, 3.05) is 0 Å². The Bertz CT molecular complexity index is 1020. The molecule has 0 saturated heterocycles. The maximum atomic E-state index is 12.3. The van der Waals surface area contributed by atoms with E-state index in [1.165, 1.54) is 23.2 Å². The summed E-state index contributed by atoms with van der Waals surface area (Å²) in [7, 11) is -9.07. The summed E-state index contributed by atoms with van der Waals surface area (Å²) in [5.74, 6) is 0. The molecule has 0 bridgehead atoms. The lowest BCUT2D eigenvalue weighted by Gasteiger charge is -2.10. The second-order valence-corrected chi connectivity index (χ2v) is 8.66. The summed E-state index contributed by atoms with van der Waals surface area (Å²) >= 11 is 5.74. The van der Waals surface area contributed by atoms with Gasteiger partial charge in [-0.3, -0.25) is 15.1 Å². The molecule has 0 saturated carbocycles. The molecule has 1 N–H and O–H groups in total. The number of hydrogen-bond acceptors (Lipinski definition) is 7. The molecular formula is C12H10ClN3O6S2. The molecule has 24 heavy (non-hydrogen) atoms. The van der Waals surface area contributed by atoms with E-state index in [0.717, 1.165) is 18.5 Å². The molecule has 12 heteroatoms. The highest BCUT2D eigenvalue weighted by Crippen LogP contribution is 2.22. The summed E-state index contributed by atoms with van der Waals surface area (Å²) in [5.41, 5.74) is -0.312. The van der Waals surface area contributed by atoms with Gasteiger partial charge in [-0.05, 0) is 24.6 Å². The van der Waals surface area contributed by atoms with Gasteiger partial charge in [0.15, 0.2) is 0 Å². The van der Waals surface area contributed by atoms with Gasteiger partial charge in [0.2, 0.25) is 0 Å². The normalized spacial score (nSPS) is 12.1. The van der Waals surface area contributed by atoms with Crippen molar-refractivity contribution < 1.29 is 21.8 Å². The van der Waals surface area contributed by atoms with Crippen LogP contribution in [0.2, 0.25) is 5.02 Å². The Balaban J connectivity index is 2.47.